The van der Waals surface area contributed by atoms with Crippen molar-refractivity contribution >= 4 is 28.4 Å². The molecule has 0 fully saturated rings. The Kier molecular flexibility index (Phi) is 6.70. The number of halogens is 1. The molecule has 0 N–H and O–H groups in total. The highest BCUT2D eigenvalue weighted by Crippen LogP contribution is 2.24. The lowest BCUT2D eigenvalue weighted by molar-refractivity contribution is -0.130. The van der Waals surface area contributed by atoms with Crippen molar-refractivity contribution < 1.29 is 4.79 Å². The third-order valence-electron chi connectivity index (χ3n) is 5.12. The van der Waals surface area contributed by atoms with Crippen molar-refractivity contribution in [3.8, 4) is 5.69 Å². The number of alkyl halides is 1. The minimum atomic E-state index is -0.397. The van der Waals surface area contributed by atoms with Crippen LogP contribution in [0.4, 0.5) is 0 Å². The molecule has 152 valence electrons. The van der Waals surface area contributed by atoms with Gasteiger partial charge in [-0.05, 0) is 44.5 Å². The number of para-hydroxylation sites is 1. The molecule has 1 amide bonds. The number of hydrogen-bond donors (Lipinski definition) is 0. The smallest absolute Gasteiger partial charge is 0.266 e. The number of nitrogens with zero attached hydrogens (tertiary/aromatic N) is 3. The van der Waals surface area contributed by atoms with Crippen LogP contribution in [0, 0.1) is 6.92 Å². The Morgan fingerprint density at radius 2 is 1.86 bits per heavy atom. The molecule has 6 heteroatoms. The van der Waals surface area contributed by atoms with Crippen LogP contribution in [0.5, 0.6) is 0 Å². The molecule has 1 aromatic heterocycles. The van der Waals surface area contributed by atoms with E-state index >= 15 is 0 Å². The molecule has 0 radical (unpaired) electrons. The first-order chi connectivity index (χ1) is 14.0. The highest BCUT2D eigenvalue weighted by atomic mass is 35.5. The van der Waals surface area contributed by atoms with Gasteiger partial charge < -0.3 is 4.90 Å². The summed E-state index contributed by atoms with van der Waals surface area (Å²) in [6.07, 6.45) is 1.81. The Morgan fingerprint density at radius 3 is 2.52 bits per heavy atom. The molecule has 0 aliphatic rings. The summed E-state index contributed by atoms with van der Waals surface area (Å²) in [5.74, 6) is 0.272. The fraction of sp³-hybridized carbons (Fsp3) is 0.348. The molecular weight excluding hydrogens is 386 g/mol. The van der Waals surface area contributed by atoms with Gasteiger partial charge in [0.05, 0.1) is 22.6 Å². The number of carbonyl (C=O) groups is 1. The summed E-state index contributed by atoms with van der Waals surface area (Å²) in [5, 5.41) is 0.549. The highest BCUT2D eigenvalue weighted by molar-refractivity contribution is 6.27. The average Bonchev–Trinajstić information content (AvgIpc) is 2.74. The van der Waals surface area contributed by atoms with Crippen LogP contribution < -0.4 is 5.56 Å². The van der Waals surface area contributed by atoms with E-state index in [4.69, 9.17) is 16.6 Å². The van der Waals surface area contributed by atoms with Gasteiger partial charge >= 0.3 is 0 Å². The topological polar surface area (TPSA) is 55.2 Å². The van der Waals surface area contributed by atoms with Gasteiger partial charge in [0, 0.05) is 6.54 Å². The molecule has 0 saturated heterocycles. The summed E-state index contributed by atoms with van der Waals surface area (Å²) in [4.78, 5) is 32.5. The number of fused-ring (bicyclic) bond motifs is 1. The number of aromatic nitrogens is 2. The minimum absolute atomic E-state index is 0.101. The molecule has 1 atom stereocenters. The molecule has 3 rings (SSSR count). The zero-order chi connectivity index (χ0) is 21.0. The predicted octanol–water partition coefficient (Wildman–Crippen LogP) is 4.62. The van der Waals surface area contributed by atoms with E-state index in [9.17, 15) is 9.59 Å². The summed E-state index contributed by atoms with van der Waals surface area (Å²) >= 11 is 5.88. The van der Waals surface area contributed by atoms with Crippen LogP contribution in [0.25, 0.3) is 16.6 Å². The highest BCUT2D eigenvalue weighted by Gasteiger charge is 2.26. The first kappa shape index (κ1) is 21.1. The lowest BCUT2D eigenvalue weighted by Gasteiger charge is -2.30. The minimum Gasteiger partial charge on any atom is -0.332 e. The second kappa shape index (κ2) is 9.23. The molecule has 1 heterocycles. The van der Waals surface area contributed by atoms with Gasteiger partial charge in [0.1, 0.15) is 11.7 Å². The Balaban J connectivity index is 2.24. The summed E-state index contributed by atoms with van der Waals surface area (Å²) in [6, 6.07) is 14.6. The van der Waals surface area contributed by atoms with E-state index in [-0.39, 0.29) is 17.3 Å². The van der Waals surface area contributed by atoms with Gasteiger partial charge in [0.15, 0.2) is 0 Å². The Labute approximate surface area is 175 Å². The maximum Gasteiger partial charge on any atom is 0.266 e. The van der Waals surface area contributed by atoms with Gasteiger partial charge in [-0.2, -0.15) is 0 Å². The lowest BCUT2D eigenvalue weighted by atomic mass is 10.1. The van der Waals surface area contributed by atoms with Crippen LogP contribution in [-0.2, 0) is 4.79 Å². The number of amides is 1. The van der Waals surface area contributed by atoms with Gasteiger partial charge in [-0.15, -0.1) is 11.6 Å². The molecule has 0 saturated carbocycles. The van der Waals surface area contributed by atoms with Gasteiger partial charge in [-0.25, -0.2) is 4.98 Å². The van der Waals surface area contributed by atoms with Crippen LogP contribution in [0.2, 0.25) is 0 Å². The number of hydrogen-bond acceptors (Lipinski definition) is 3. The SMILES string of the molecule is CCCCN(C(=O)CCl)[C@@H](C)c1nc2ccccc2c(=O)n1-c1ccc(C)cc1. The van der Waals surface area contributed by atoms with Crippen molar-refractivity contribution in [2.45, 2.75) is 39.7 Å². The van der Waals surface area contributed by atoms with Crippen molar-refractivity contribution in [3.05, 3.63) is 70.3 Å². The van der Waals surface area contributed by atoms with Crippen molar-refractivity contribution in [1.82, 2.24) is 14.5 Å². The van der Waals surface area contributed by atoms with Gasteiger partial charge in [0.2, 0.25) is 5.91 Å². The van der Waals surface area contributed by atoms with Crippen LogP contribution in [-0.4, -0.2) is 32.8 Å². The van der Waals surface area contributed by atoms with E-state index in [1.54, 1.807) is 15.5 Å². The number of benzene rings is 2. The molecule has 0 unspecified atom stereocenters. The summed E-state index contributed by atoms with van der Waals surface area (Å²) < 4.78 is 1.62. The molecule has 0 aliphatic heterocycles. The number of unbranched alkanes of at least 4 members (excludes halogenated alkanes) is 1. The Morgan fingerprint density at radius 1 is 1.17 bits per heavy atom. The fourth-order valence-electron chi connectivity index (χ4n) is 3.45. The third kappa shape index (κ3) is 4.35. The molecule has 3 aromatic rings. The summed E-state index contributed by atoms with van der Waals surface area (Å²) in [7, 11) is 0. The van der Waals surface area contributed by atoms with Crippen LogP contribution in [0.3, 0.4) is 0 Å². The zero-order valence-electron chi connectivity index (χ0n) is 17.1. The van der Waals surface area contributed by atoms with Crippen LogP contribution >= 0.6 is 11.6 Å². The second-order valence-corrected chi connectivity index (χ2v) is 7.48. The number of carbonyl (C=O) groups excluding carboxylic acids is 1. The van der Waals surface area contributed by atoms with E-state index in [1.165, 1.54) is 0 Å². The average molecular weight is 412 g/mol. The van der Waals surface area contributed by atoms with E-state index < -0.39 is 6.04 Å². The van der Waals surface area contributed by atoms with Crippen molar-refractivity contribution in [1.29, 1.82) is 0 Å². The Bertz CT molecular complexity index is 1060. The Hall–Kier alpha value is -2.66. The number of aryl methyl sites for hydroxylation is 1. The van der Waals surface area contributed by atoms with E-state index in [2.05, 4.69) is 6.92 Å². The normalized spacial score (nSPS) is 12.1. The maximum absolute atomic E-state index is 13.4. The quantitative estimate of drug-likeness (QED) is 0.533. The van der Waals surface area contributed by atoms with Crippen LogP contribution in [0.1, 0.15) is 44.1 Å². The first-order valence-corrected chi connectivity index (χ1v) is 10.5. The number of rotatable bonds is 7. The fourth-order valence-corrected chi connectivity index (χ4v) is 3.61. The molecule has 0 bridgehead atoms. The molecule has 5 nitrogen and oxygen atoms in total. The molecule has 29 heavy (non-hydrogen) atoms. The third-order valence-corrected chi connectivity index (χ3v) is 5.35. The van der Waals surface area contributed by atoms with Gasteiger partial charge in [-0.3, -0.25) is 14.2 Å². The monoisotopic (exact) mass is 411 g/mol. The van der Waals surface area contributed by atoms with E-state index in [0.29, 0.717) is 23.3 Å². The molecular formula is C23H26ClN3O2. The molecule has 0 aliphatic carbocycles. The lowest BCUT2D eigenvalue weighted by Crippen LogP contribution is -2.38. The van der Waals surface area contributed by atoms with Crippen molar-refractivity contribution in [3.63, 3.8) is 0 Å². The summed E-state index contributed by atoms with van der Waals surface area (Å²) in [6.45, 7) is 6.55. The standard InChI is InChI=1S/C23H26ClN3O2/c1-4-5-14-26(21(28)15-24)17(3)22-25-20-9-7-6-8-19(20)23(29)27(22)18-12-10-16(2)11-13-18/h6-13,17H,4-5,14-15H2,1-3H3/t17-/m0/s1. The van der Waals surface area contributed by atoms with Gasteiger partial charge in [0.25, 0.3) is 5.56 Å². The van der Waals surface area contributed by atoms with Gasteiger partial charge in [-0.1, -0.05) is 43.2 Å². The van der Waals surface area contributed by atoms with E-state index in [0.717, 1.165) is 24.1 Å². The second-order valence-electron chi connectivity index (χ2n) is 7.21. The van der Waals surface area contributed by atoms with Crippen LogP contribution in [0.15, 0.2) is 53.3 Å². The summed E-state index contributed by atoms with van der Waals surface area (Å²) in [5.41, 5.74) is 2.31. The predicted molar refractivity (Wildman–Crippen MR) is 118 cm³/mol. The van der Waals surface area contributed by atoms with Crippen molar-refractivity contribution in [2.24, 2.45) is 0 Å². The molecule has 0 spiro atoms. The largest absolute Gasteiger partial charge is 0.332 e. The maximum atomic E-state index is 13.4. The zero-order valence-corrected chi connectivity index (χ0v) is 17.8. The van der Waals surface area contributed by atoms with E-state index in [1.807, 2.05) is 56.3 Å². The first-order valence-electron chi connectivity index (χ1n) is 9.92. The molecule has 2 aromatic carbocycles. The van der Waals surface area contributed by atoms with Crippen molar-refractivity contribution in [2.75, 3.05) is 12.4 Å².